The first-order valence-electron chi connectivity index (χ1n) is 14.1. The van der Waals surface area contributed by atoms with E-state index < -0.39 is 18.2 Å². The van der Waals surface area contributed by atoms with Crippen LogP contribution in [0.5, 0.6) is 11.5 Å². The monoisotopic (exact) mass is 538 g/mol. The lowest BCUT2D eigenvalue weighted by atomic mass is 9.68. The molecule has 2 aliphatic rings. The average Bonchev–Trinajstić information content (AvgIpc) is 2.89. The summed E-state index contributed by atoms with van der Waals surface area (Å²) in [5.74, 6) is 2.73. The summed E-state index contributed by atoms with van der Waals surface area (Å²) in [6, 6.07) is 10.1. The minimum atomic E-state index is -4.85. The molecule has 0 unspecified atom stereocenters. The van der Waals surface area contributed by atoms with E-state index in [-0.39, 0.29) is 11.3 Å². The number of aryl methyl sites for hydroxylation is 1. The third-order valence-corrected chi connectivity index (χ3v) is 8.58. The number of benzene rings is 2. The van der Waals surface area contributed by atoms with Crippen LogP contribution in [0.3, 0.4) is 0 Å². The molecular formula is C31H39F5O2. The number of alkyl halides is 5. The molecule has 2 aromatic rings. The zero-order valence-electron chi connectivity index (χ0n) is 22.1. The molecule has 0 bridgehead atoms. The van der Waals surface area contributed by atoms with E-state index in [0.29, 0.717) is 5.92 Å². The first-order valence-corrected chi connectivity index (χ1v) is 14.1. The van der Waals surface area contributed by atoms with Crippen molar-refractivity contribution in [3.05, 3.63) is 59.7 Å². The molecule has 0 saturated heterocycles. The first-order chi connectivity index (χ1) is 18.1. The van der Waals surface area contributed by atoms with E-state index in [9.17, 15) is 22.0 Å². The fourth-order valence-electron chi connectivity index (χ4n) is 6.46. The van der Waals surface area contributed by atoms with Gasteiger partial charge in [0.05, 0.1) is 5.56 Å². The van der Waals surface area contributed by atoms with Gasteiger partial charge in [0, 0.05) is 0 Å². The molecule has 0 aromatic heterocycles. The molecule has 210 valence electrons. The van der Waals surface area contributed by atoms with E-state index in [2.05, 4.69) is 11.7 Å². The lowest BCUT2D eigenvalue weighted by Gasteiger charge is -2.38. The Morgan fingerprint density at radius 1 is 0.632 bits per heavy atom. The van der Waals surface area contributed by atoms with E-state index >= 15 is 0 Å². The van der Waals surface area contributed by atoms with Crippen LogP contribution in [-0.2, 0) is 12.5 Å². The van der Waals surface area contributed by atoms with E-state index in [1.54, 1.807) is 12.1 Å². The largest absolute Gasteiger partial charge is 0.573 e. The summed E-state index contributed by atoms with van der Waals surface area (Å²) in [5.41, 5.74) is 0.723. The summed E-state index contributed by atoms with van der Waals surface area (Å²) in [7, 11) is 0. The Hall–Kier alpha value is -2.31. The maximum absolute atomic E-state index is 14.6. The number of ether oxygens (including phenoxy) is 2. The zero-order valence-corrected chi connectivity index (χ0v) is 22.1. The van der Waals surface area contributed by atoms with Crippen LogP contribution < -0.4 is 9.47 Å². The molecule has 0 N–H and O–H groups in total. The van der Waals surface area contributed by atoms with Crippen LogP contribution in [0, 0.1) is 23.7 Å². The highest BCUT2D eigenvalue weighted by Gasteiger charge is 2.35. The van der Waals surface area contributed by atoms with Crippen molar-refractivity contribution >= 4 is 0 Å². The van der Waals surface area contributed by atoms with Gasteiger partial charge in [0.25, 0.3) is 0 Å². The van der Waals surface area contributed by atoms with Crippen molar-refractivity contribution in [2.24, 2.45) is 23.7 Å². The molecule has 0 aliphatic heterocycles. The summed E-state index contributed by atoms with van der Waals surface area (Å²) < 4.78 is 74.6. The van der Waals surface area contributed by atoms with Crippen LogP contribution >= 0.6 is 0 Å². The molecule has 2 fully saturated rings. The summed E-state index contributed by atoms with van der Waals surface area (Å²) >= 11 is 0. The number of hydrogen-bond donors (Lipinski definition) is 0. The SMILES string of the molecule is CCC[C@H]1CC[C@H]([C@H]2CC[C@H](CCc3ccc(C(F)(F)Oc4ccc(OC(F)(F)F)cc4)cc3)CC2)CC1. The lowest BCUT2D eigenvalue weighted by Crippen LogP contribution is -2.26. The maximum Gasteiger partial charge on any atom is 0.573 e. The molecule has 0 atom stereocenters. The Morgan fingerprint density at radius 2 is 1.11 bits per heavy atom. The van der Waals surface area contributed by atoms with Crippen molar-refractivity contribution < 1.29 is 31.4 Å². The predicted octanol–water partition coefficient (Wildman–Crippen LogP) is 10.1. The number of halogens is 5. The van der Waals surface area contributed by atoms with E-state index in [1.807, 2.05) is 0 Å². The fourth-order valence-corrected chi connectivity index (χ4v) is 6.46. The molecule has 2 saturated carbocycles. The molecule has 0 heterocycles. The fraction of sp³-hybridized carbons (Fsp3) is 0.613. The Morgan fingerprint density at radius 3 is 1.58 bits per heavy atom. The summed E-state index contributed by atoms with van der Waals surface area (Å²) in [4.78, 5) is 0. The molecule has 0 radical (unpaired) electrons. The van der Waals surface area contributed by atoms with Gasteiger partial charge in [0.2, 0.25) is 0 Å². The normalized spacial score (nSPS) is 24.7. The molecule has 0 amide bonds. The van der Waals surface area contributed by atoms with Crippen molar-refractivity contribution in [3.63, 3.8) is 0 Å². The molecule has 2 aromatic carbocycles. The van der Waals surface area contributed by atoms with Gasteiger partial charge in [-0.15, -0.1) is 13.2 Å². The first kappa shape index (κ1) is 28.7. The molecule has 38 heavy (non-hydrogen) atoms. The smallest absolute Gasteiger partial charge is 0.429 e. The molecule has 7 heteroatoms. The Bertz CT molecular complexity index is 971. The van der Waals surface area contributed by atoms with E-state index in [1.165, 1.54) is 76.3 Å². The standard InChI is InChI=1S/C31H39F5O2/c1-2-3-22-6-12-25(13-7-22)26-14-8-23(9-15-26)4-5-24-10-16-27(17-11-24)30(32,33)37-28-18-20-29(21-19-28)38-31(34,35)36/h10-11,16-23,25-26H,2-9,12-15H2,1H3/t22-,23-,25-,26-. The highest BCUT2D eigenvalue weighted by molar-refractivity contribution is 5.33. The second-order valence-corrected chi connectivity index (χ2v) is 11.2. The Balaban J connectivity index is 1.20. The van der Waals surface area contributed by atoms with Gasteiger partial charge < -0.3 is 9.47 Å². The molecule has 4 rings (SSSR count). The third kappa shape index (κ3) is 8.34. The third-order valence-electron chi connectivity index (χ3n) is 8.58. The Labute approximate surface area is 222 Å². The second kappa shape index (κ2) is 12.7. The van der Waals surface area contributed by atoms with Crippen LogP contribution in [0.2, 0.25) is 0 Å². The second-order valence-electron chi connectivity index (χ2n) is 11.2. The molecular weight excluding hydrogens is 499 g/mol. The van der Waals surface area contributed by atoms with Crippen LogP contribution in [0.4, 0.5) is 22.0 Å². The average molecular weight is 539 g/mol. The van der Waals surface area contributed by atoms with Crippen molar-refractivity contribution in [2.45, 2.75) is 96.4 Å². The molecule has 2 nitrogen and oxygen atoms in total. The van der Waals surface area contributed by atoms with Gasteiger partial charge in [0.1, 0.15) is 11.5 Å². The van der Waals surface area contributed by atoms with Gasteiger partial charge in [-0.05, 0) is 104 Å². The van der Waals surface area contributed by atoms with Gasteiger partial charge in [-0.25, -0.2) is 0 Å². The van der Waals surface area contributed by atoms with Crippen LogP contribution in [0.25, 0.3) is 0 Å². The van der Waals surface area contributed by atoms with Gasteiger partial charge >= 0.3 is 12.5 Å². The predicted molar refractivity (Wildman–Crippen MR) is 138 cm³/mol. The van der Waals surface area contributed by atoms with E-state index in [0.717, 1.165) is 60.4 Å². The lowest BCUT2D eigenvalue weighted by molar-refractivity contribution is -0.274. The quantitative estimate of drug-likeness (QED) is 0.280. The van der Waals surface area contributed by atoms with Crippen LogP contribution in [0.15, 0.2) is 48.5 Å². The van der Waals surface area contributed by atoms with Crippen LogP contribution in [-0.4, -0.2) is 6.36 Å². The van der Waals surface area contributed by atoms with Gasteiger partial charge in [-0.3, -0.25) is 0 Å². The molecule has 0 spiro atoms. The summed E-state index contributed by atoms with van der Waals surface area (Å²) in [6.07, 6.45) is 7.06. The van der Waals surface area contributed by atoms with Gasteiger partial charge in [-0.1, -0.05) is 57.6 Å². The van der Waals surface area contributed by atoms with Crippen molar-refractivity contribution in [1.29, 1.82) is 0 Å². The molecule has 2 aliphatic carbocycles. The highest BCUT2D eigenvalue weighted by atomic mass is 19.4. The summed E-state index contributed by atoms with van der Waals surface area (Å²) in [5, 5.41) is 0. The summed E-state index contributed by atoms with van der Waals surface area (Å²) in [6.45, 7) is 2.29. The maximum atomic E-state index is 14.6. The minimum Gasteiger partial charge on any atom is -0.429 e. The van der Waals surface area contributed by atoms with Crippen molar-refractivity contribution in [2.75, 3.05) is 0 Å². The number of hydrogen-bond acceptors (Lipinski definition) is 2. The van der Waals surface area contributed by atoms with Crippen molar-refractivity contribution in [3.8, 4) is 11.5 Å². The van der Waals surface area contributed by atoms with Crippen LogP contribution in [0.1, 0.15) is 88.7 Å². The topological polar surface area (TPSA) is 18.5 Å². The van der Waals surface area contributed by atoms with E-state index in [4.69, 9.17) is 4.74 Å². The van der Waals surface area contributed by atoms with Gasteiger partial charge in [-0.2, -0.15) is 8.78 Å². The van der Waals surface area contributed by atoms with Crippen molar-refractivity contribution in [1.82, 2.24) is 0 Å². The number of rotatable bonds is 10. The zero-order chi connectivity index (χ0) is 27.2. The highest BCUT2D eigenvalue weighted by Crippen LogP contribution is 2.43. The minimum absolute atomic E-state index is 0.252. The Kier molecular flexibility index (Phi) is 9.59. The van der Waals surface area contributed by atoms with Gasteiger partial charge in [0.15, 0.2) is 0 Å².